The SMILES string of the molecule is [Ag].[C]#Cc1ccccc1. The Kier molecular flexibility index (Phi) is 4.17. The Hall–Kier alpha value is -0.480. The zero-order valence-electron chi connectivity index (χ0n) is 4.69. The zero-order chi connectivity index (χ0) is 5.82. The van der Waals surface area contributed by atoms with E-state index in [0.29, 0.717) is 0 Å². The van der Waals surface area contributed by atoms with Crippen LogP contribution in [0.5, 0.6) is 0 Å². The second-order valence-electron chi connectivity index (χ2n) is 1.49. The Morgan fingerprint density at radius 1 is 1.11 bits per heavy atom. The number of benzene rings is 1. The van der Waals surface area contributed by atoms with Gasteiger partial charge in [0.2, 0.25) is 0 Å². The van der Waals surface area contributed by atoms with Crippen LogP contribution in [0.4, 0.5) is 0 Å². The molecule has 1 heteroatoms. The van der Waals surface area contributed by atoms with Crippen LogP contribution in [0.1, 0.15) is 5.56 Å². The third kappa shape index (κ3) is 2.53. The molecule has 1 aromatic carbocycles. The minimum absolute atomic E-state index is 0. The summed E-state index contributed by atoms with van der Waals surface area (Å²) in [7, 11) is 0. The first-order chi connectivity index (χ1) is 3.93. The van der Waals surface area contributed by atoms with Crippen LogP contribution < -0.4 is 0 Å². The van der Waals surface area contributed by atoms with Crippen LogP contribution in [0.2, 0.25) is 0 Å². The van der Waals surface area contributed by atoms with Gasteiger partial charge < -0.3 is 0 Å². The van der Waals surface area contributed by atoms with E-state index in [0.717, 1.165) is 5.56 Å². The fourth-order valence-electron chi connectivity index (χ4n) is 0.521. The molecule has 0 aliphatic rings. The van der Waals surface area contributed by atoms with Crippen molar-refractivity contribution in [2.75, 3.05) is 0 Å². The van der Waals surface area contributed by atoms with Crippen molar-refractivity contribution in [2.24, 2.45) is 0 Å². The van der Waals surface area contributed by atoms with E-state index in [-0.39, 0.29) is 22.4 Å². The van der Waals surface area contributed by atoms with Crippen molar-refractivity contribution < 1.29 is 22.4 Å². The van der Waals surface area contributed by atoms with Gasteiger partial charge >= 0.3 is 0 Å². The van der Waals surface area contributed by atoms with Crippen LogP contribution in [0.25, 0.3) is 0 Å². The maximum atomic E-state index is 6.69. The van der Waals surface area contributed by atoms with Crippen LogP contribution >= 0.6 is 0 Å². The van der Waals surface area contributed by atoms with Crippen LogP contribution in [0.15, 0.2) is 30.3 Å². The molecule has 0 N–H and O–H groups in total. The number of hydrogen-bond donors (Lipinski definition) is 0. The summed E-state index contributed by atoms with van der Waals surface area (Å²) >= 11 is 0. The smallest absolute Gasteiger partial charge is 0.0255 e. The third-order valence-corrected chi connectivity index (χ3v) is 0.918. The van der Waals surface area contributed by atoms with Crippen molar-refractivity contribution in [3.63, 3.8) is 0 Å². The van der Waals surface area contributed by atoms with Gasteiger partial charge in [-0.15, -0.1) is 0 Å². The first-order valence-corrected chi connectivity index (χ1v) is 2.41. The van der Waals surface area contributed by atoms with E-state index >= 15 is 0 Å². The van der Waals surface area contributed by atoms with Crippen LogP contribution in [-0.4, -0.2) is 0 Å². The van der Waals surface area contributed by atoms with Crippen LogP contribution in [0.3, 0.4) is 0 Å². The Balaban J connectivity index is 0.000000640. The molecule has 0 atom stereocenters. The number of hydrogen-bond acceptors (Lipinski definition) is 0. The molecule has 0 spiro atoms. The molecule has 0 amide bonds. The topological polar surface area (TPSA) is 0 Å². The number of rotatable bonds is 0. The van der Waals surface area contributed by atoms with Crippen molar-refractivity contribution in [2.45, 2.75) is 0 Å². The Morgan fingerprint density at radius 2 is 1.67 bits per heavy atom. The molecule has 48 valence electrons. The van der Waals surface area contributed by atoms with Gasteiger partial charge in [-0.2, -0.15) is 0 Å². The van der Waals surface area contributed by atoms with E-state index in [4.69, 9.17) is 6.42 Å². The van der Waals surface area contributed by atoms with Gasteiger partial charge in [-0.3, -0.25) is 0 Å². The molecule has 2 radical (unpaired) electrons. The summed E-state index contributed by atoms with van der Waals surface area (Å²) in [4.78, 5) is 0. The molecule has 0 fully saturated rings. The van der Waals surface area contributed by atoms with Crippen molar-refractivity contribution in [1.29, 1.82) is 0 Å². The van der Waals surface area contributed by atoms with E-state index in [1.807, 2.05) is 30.3 Å². The van der Waals surface area contributed by atoms with Crippen LogP contribution in [-0.2, 0) is 22.4 Å². The predicted molar refractivity (Wildman–Crippen MR) is 32.7 cm³/mol. The quantitative estimate of drug-likeness (QED) is 0.449. The molecule has 1 rings (SSSR count). The molecule has 9 heavy (non-hydrogen) atoms. The molecule has 0 aromatic heterocycles. The van der Waals surface area contributed by atoms with E-state index in [1.54, 1.807) is 0 Å². The summed E-state index contributed by atoms with van der Waals surface area (Å²) in [5.74, 6) is 2.28. The molecule has 0 saturated heterocycles. The summed E-state index contributed by atoms with van der Waals surface area (Å²) in [6.07, 6.45) is 6.69. The van der Waals surface area contributed by atoms with Crippen molar-refractivity contribution in [1.82, 2.24) is 0 Å². The average Bonchev–Trinajstić information content (AvgIpc) is 1.90. The maximum Gasteiger partial charge on any atom is 0.0255 e. The molecule has 0 aliphatic carbocycles. The summed E-state index contributed by atoms with van der Waals surface area (Å²) < 4.78 is 0. The van der Waals surface area contributed by atoms with E-state index in [2.05, 4.69) is 5.92 Å². The van der Waals surface area contributed by atoms with E-state index < -0.39 is 0 Å². The van der Waals surface area contributed by atoms with Gasteiger partial charge in [0, 0.05) is 27.9 Å². The molecule has 0 unspecified atom stereocenters. The maximum absolute atomic E-state index is 6.69. The van der Waals surface area contributed by atoms with Crippen molar-refractivity contribution in [3.05, 3.63) is 42.3 Å². The van der Waals surface area contributed by atoms with Crippen LogP contribution in [0, 0.1) is 12.3 Å². The minimum Gasteiger partial charge on any atom is -0.0622 e. The van der Waals surface area contributed by atoms with Gasteiger partial charge in [-0.25, -0.2) is 0 Å². The zero-order valence-corrected chi connectivity index (χ0v) is 6.17. The molecule has 0 aliphatic heterocycles. The van der Waals surface area contributed by atoms with Gasteiger partial charge in [0.1, 0.15) is 0 Å². The van der Waals surface area contributed by atoms with Gasteiger partial charge in [-0.05, 0) is 18.6 Å². The molecule has 0 nitrogen and oxygen atoms in total. The molecule has 1 aromatic rings. The van der Waals surface area contributed by atoms with Crippen molar-refractivity contribution in [3.8, 4) is 5.92 Å². The van der Waals surface area contributed by atoms with Gasteiger partial charge in [0.15, 0.2) is 0 Å². The molecule has 0 bridgehead atoms. The first kappa shape index (κ1) is 8.52. The second kappa shape index (κ2) is 4.40. The normalized spacial score (nSPS) is 7.00. The largest absolute Gasteiger partial charge is 0.0622 e. The summed E-state index contributed by atoms with van der Waals surface area (Å²) in [6, 6.07) is 9.37. The molecule has 0 heterocycles. The van der Waals surface area contributed by atoms with Crippen molar-refractivity contribution >= 4 is 0 Å². The van der Waals surface area contributed by atoms with E-state index in [1.165, 1.54) is 0 Å². The fourth-order valence-corrected chi connectivity index (χ4v) is 0.521. The first-order valence-electron chi connectivity index (χ1n) is 2.41. The average molecular weight is 209 g/mol. The minimum atomic E-state index is 0. The van der Waals surface area contributed by atoms with Gasteiger partial charge in [0.05, 0.1) is 0 Å². The molecular formula is C8H5Ag. The molecule has 0 saturated carbocycles. The summed E-state index contributed by atoms with van der Waals surface area (Å²) in [5, 5.41) is 0. The summed E-state index contributed by atoms with van der Waals surface area (Å²) in [5.41, 5.74) is 0.826. The Bertz CT molecular complexity index is 196. The van der Waals surface area contributed by atoms with Gasteiger partial charge in [-0.1, -0.05) is 24.1 Å². The monoisotopic (exact) mass is 208 g/mol. The van der Waals surface area contributed by atoms with Gasteiger partial charge in [0.25, 0.3) is 0 Å². The molecular weight excluding hydrogens is 204 g/mol. The summed E-state index contributed by atoms with van der Waals surface area (Å²) in [6.45, 7) is 0. The van der Waals surface area contributed by atoms with E-state index in [9.17, 15) is 0 Å². The second-order valence-corrected chi connectivity index (χ2v) is 1.49. The Morgan fingerprint density at radius 3 is 2.00 bits per heavy atom. The predicted octanol–water partition coefficient (Wildman–Crippen LogP) is 1.62. The fraction of sp³-hybridized carbons (Fsp3) is 0. The standard InChI is InChI=1S/C8H5.Ag/c1-2-8-6-4-3-5-7-8;/h3-7H;. The third-order valence-electron chi connectivity index (χ3n) is 0.918. The Labute approximate surface area is 70.8 Å².